The van der Waals surface area contributed by atoms with Crippen LogP contribution in [0, 0.1) is 0 Å². The molecule has 2 aliphatic heterocycles. The van der Waals surface area contributed by atoms with Crippen LogP contribution in [0.4, 0.5) is 5.82 Å². The predicted octanol–water partition coefficient (Wildman–Crippen LogP) is 2.35. The van der Waals surface area contributed by atoms with Crippen LogP contribution in [0.5, 0.6) is 0 Å². The van der Waals surface area contributed by atoms with Gasteiger partial charge in [-0.15, -0.1) is 0 Å². The van der Waals surface area contributed by atoms with Gasteiger partial charge in [-0.1, -0.05) is 12.8 Å². The van der Waals surface area contributed by atoms with E-state index in [1.807, 2.05) is 12.1 Å². The minimum absolute atomic E-state index is 0.00694. The van der Waals surface area contributed by atoms with Crippen molar-refractivity contribution in [1.82, 2.24) is 15.2 Å². The number of pyridine rings is 1. The van der Waals surface area contributed by atoms with Crippen LogP contribution in [-0.2, 0) is 4.79 Å². The number of likely N-dealkylation sites (tertiary alicyclic amines) is 1. The van der Waals surface area contributed by atoms with Crippen LogP contribution < -0.4 is 10.2 Å². The van der Waals surface area contributed by atoms with Gasteiger partial charge in [0.2, 0.25) is 5.91 Å². The molecular formula is C20H28N4O2. The molecule has 1 aliphatic carbocycles. The molecule has 0 radical (unpaired) electrons. The molecule has 1 saturated carbocycles. The molecule has 1 N–H and O–H groups in total. The van der Waals surface area contributed by atoms with E-state index >= 15 is 0 Å². The van der Waals surface area contributed by atoms with Crippen LogP contribution in [0.15, 0.2) is 18.3 Å². The molecule has 3 fully saturated rings. The summed E-state index contributed by atoms with van der Waals surface area (Å²) < 4.78 is 0. The average molecular weight is 356 g/mol. The summed E-state index contributed by atoms with van der Waals surface area (Å²) >= 11 is 0. The highest BCUT2D eigenvalue weighted by molar-refractivity contribution is 5.98. The Morgan fingerprint density at radius 1 is 0.962 bits per heavy atom. The number of amides is 2. The molecule has 0 spiro atoms. The lowest BCUT2D eigenvalue weighted by atomic mass is 10.2. The molecule has 140 valence electrons. The zero-order valence-corrected chi connectivity index (χ0v) is 15.3. The summed E-state index contributed by atoms with van der Waals surface area (Å²) in [5.74, 6) is 0.883. The first kappa shape index (κ1) is 17.3. The molecule has 2 saturated heterocycles. The van der Waals surface area contributed by atoms with Gasteiger partial charge in [-0.2, -0.15) is 0 Å². The van der Waals surface area contributed by atoms with Crippen LogP contribution in [0.25, 0.3) is 0 Å². The van der Waals surface area contributed by atoms with Crippen LogP contribution >= 0.6 is 0 Å². The third-order valence-corrected chi connectivity index (χ3v) is 5.66. The molecule has 1 atom stereocenters. The highest BCUT2D eigenvalue weighted by Gasteiger charge is 2.36. The normalized spacial score (nSPS) is 23.6. The largest absolute Gasteiger partial charge is 0.357 e. The Labute approximate surface area is 155 Å². The summed E-state index contributed by atoms with van der Waals surface area (Å²) in [6, 6.07) is 3.82. The maximum Gasteiger partial charge on any atom is 0.256 e. The van der Waals surface area contributed by atoms with Crippen molar-refractivity contribution in [3.63, 3.8) is 0 Å². The number of rotatable bonds is 4. The van der Waals surface area contributed by atoms with Crippen molar-refractivity contribution in [2.24, 2.45) is 0 Å². The topological polar surface area (TPSA) is 65.5 Å². The van der Waals surface area contributed by atoms with Gasteiger partial charge >= 0.3 is 0 Å². The standard InChI is InChI=1S/C20H28N4O2/c25-19(22-16-8-9-16)17-6-5-13-24(17)20(26)15-7-10-18(21-14-15)23-11-3-1-2-4-12-23/h7,10,14,16-17H,1-6,8-9,11-13H2,(H,22,25). The molecule has 4 rings (SSSR count). The molecule has 6 heteroatoms. The molecule has 26 heavy (non-hydrogen) atoms. The van der Waals surface area contributed by atoms with Crippen molar-refractivity contribution < 1.29 is 9.59 Å². The number of carbonyl (C=O) groups is 2. The number of nitrogens with zero attached hydrogens (tertiary/aromatic N) is 3. The molecule has 1 unspecified atom stereocenters. The molecule has 0 bridgehead atoms. The van der Waals surface area contributed by atoms with E-state index in [1.165, 1.54) is 25.7 Å². The number of anilines is 1. The first-order chi connectivity index (χ1) is 12.7. The molecule has 3 heterocycles. The number of hydrogen-bond donors (Lipinski definition) is 1. The van der Waals surface area contributed by atoms with Gasteiger partial charge < -0.3 is 15.1 Å². The second kappa shape index (κ2) is 7.64. The third kappa shape index (κ3) is 3.84. The van der Waals surface area contributed by atoms with E-state index in [-0.39, 0.29) is 17.9 Å². The first-order valence-electron chi connectivity index (χ1n) is 10.0. The minimum Gasteiger partial charge on any atom is -0.357 e. The van der Waals surface area contributed by atoms with E-state index in [4.69, 9.17) is 0 Å². The summed E-state index contributed by atoms with van der Waals surface area (Å²) in [4.78, 5) is 33.9. The summed E-state index contributed by atoms with van der Waals surface area (Å²) in [5.41, 5.74) is 0.578. The minimum atomic E-state index is -0.326. The SMILES string of the molecule is O=C(NC1CC1)C1CCCN1C(=O)c1ccc(N2CCCCCC2)nc1. The van der Waals surface area contributed by atoms with E-state index < -0.39 is 0 Å². The van der Waals surface area contributed by atoms with E-state index in [0.717, 1.165) is 44.6 Å². The summed E-state index contributed by atoms with van der Waals surface area (Å²) in [5, 5.41) is 3.04. The van der Waals surface area contributed by atoms with Crippen molar-refractivity contribution in [2.75, 3.05) is 24.5 Å². The van der Waals surface area contributed by atoms with E-state index in [2.05, 4.69) is 15.2 Å². The fourth-order valence-electron chi connectivity index (χ4n) is 3.97. The van der Waals surface area contributed by atoms with Gasteiger partial charge in [0.25, 0.3) is 5.91 Å². The van der Waals surface area contributed by atoms with Gasteiger partial charge in [0.15, 0.2) is 0 Å². The van der Waals surface area contributed by atoms with Crippen molar-refractivity contribution in [3.8, 4) is 0 Å². The third-order valence-electron chi connectivity index (χ3n) is 5.66. The Balaban J connectivity index is 1.42. The number of carbonyl (C=O) groups excluding carboxylic acids is 2. The van der Waals surface area contributed by atoms with Crippen molar-refractivity contribution in [2.45, 2.75) is 63.5 Å². The van der Waals surface area contributed by atoms with Gasteiger partial charge in [-0.3, -0.25) is 9.59 Å². The van der Waals surface area contributed by atoms with Gasteiger partial charge in [-0.05, 0) is 50.7 Å². The Hall–Kier alpha value is -2.11. The number of hydrogen-bond acceptors (Lipinski definition) is 4. The highest BCUT2D eigenvalue weighted by atomic mass is 16.2. The molecule has 0 aromatic carbocycles. The molecule has 3 aliphatic rings. The molecule has 6 nitrogen and oxygen atoms in total. The van der Waals surface area contributed by atoms with Gasteiger partial charge in [0, 0.05) is 31.9 Å². The lowest BCUT2D eigenvalue weighted by Crippen LogP contribution is -2.46. The Morgan fingerprint density at radius 3 is 2.38 bits per heavy atom. The van der Waals surface area contributed by atoms with E-state index in [1.54, 1.807) is 11.1 Å². The fourth-order valence-corrected chi connectivity index (χ4v) is 3.97. The monoisotopic (exact) mass is 356 g/mol. The van der Waals surface area contributed by atoms with Gasteiger partial charge in [-0.25, -0.2) is 4.98 Å². The van der Waals surface area contributed by atoms with Crippen molar-refractivity contribution >= 4 is 17.6 Å². The second-order valence-electron chi connectivity index (χ2n) is 7.75. The summed E-state index contributed by atoms with van der Waals surface area (Å²) in [7, 11) is 0. The molecule has 2 amide bonds. The van der Waals surface area contributed by atoms with Crippen molar-refractivity contribution in [1.29, 1.82) is 0 Å². The maximum atomic E-state index is 12.9. The van der Waals surface area contributed by atoms with Crippen LogP contribution in [0.1, 0.15) is 61.7 Å². The maximum absolute atomic E-state index is 12.9. The van der Waals surface area contributed by atoms with Gasteiger partial charge in [0.05, 0.1) is 5.56 Å². The first-order valence-corrected chi connectivity index (χ1v) is 10.0. The summed E-state index contributed by atoms with van der Waals surface area (Å²) in [6.07, 6.45) is 10.4. The second-order valence-corrected chi connectivity index (χ2v) is 7.75. The smallest absolute Gasteiger partial charge is 0.256 e. The van der Waals surface area contributed by atoms with Gasteiger partial charge in [0.1, 0.15) is 11.9 Å². The Kier molecular flexibility index (Phi) is 5.09. The molecular weight excluding hydrogens is 328 g/mol. The van der Waals surface area contributed by atoms with Crippen LogP contribution in [0.2, 0.25) is 0 Å². The number of aromatic nitrogens is 1. The molecule has 1 aromatic heterocycles. The zero-order valence-electron chi connectivity index (χ0n) is 15.3. The molecule has 1 aromatic rings. The zero-order chi connectivity index (χ0) is 17.9. The lowest BCUT2D eigenvalue weighted by Gasteiger charge is -2.25. The van der Waals surface area contributed by atoms with Crippen molar-refractivity contribution in [3.05, 3.63) is 23.9 Å². The van der Waals surface area contributed by atoms with E-state index in [0.29, 0.717) is 18.2 Å². The number of nitrogens with one attached hydrogen (secondary N) is 1. The van der Waals surface area contributed by atoms with Crippen LogP contribution in [-0.4, -0.2) is 53.4 Å². The summed E-state index contributed by atoms with van der Waals surface area (Å²) in [6.45, 7) is 2.72. The highest BCUT2D eigenvalue weighted by Crippen LogP contribution is 2.24. The average Bonchev–Trinajstić information content (AvgIpc) is 3.41. The predicted molar refractivity (Wildman–Crippen MR) is 100 cm³/mol. The Bertz CT molecular complexity index is 648. The lowest BCUT2D eigenvalue weighted by molar-refractivity contribution is -0.125. The van der Waals surface area contributed by atoms with E-state index in [9.17, 15) is 9.59 Å². The van der Waals surface area contributed by atoms with Crippen LogP contribution in [0.3, 0.4) is 0 Å². The quantitative estimate of drug-likeness (QED) is 0.899. The Morgan fingerprint density at radius 2 is 1.73 bits per heavy atom. The fraction of sp³-hybridized carbons (Fsp3) is 0.650.